The van der Waals surface area contributed by atoms with Gasteiger partial charge in [0, 0.05) is 29.7 Å². The largest absolute Gasteiger partial charge is 0.352 e. The predicted molar refractivity (Wildman–Crippen MR) is 156 cm³/mol. The zero-order valence-corrected chi connectivity index (χ0v) is 24.1. The molecule has 3 aromatic rings. The molecule has 1 aliphatic rings. The summed E-state index contributed by atoms with van der Waals surface area (Å²) < 4.78 is 28.4. The molecule has 1 N–H and O–H groups in total. The van der Waals surface area contributed by atoms with Gasteiger partial charge in [-0.1, -0.05) is 54.8 Å². The first-order chi connectivity index (χ1) is 19.6. The molecule has 0 aliphatic heterocycles. The van der Waals surface area contributed by atoms with Gasteiger partial charge in [-0.15, -0.1) is 0 Å². The summed E-state index contributed by atoms with van der Waals surface area (Å²) in [6.07, 6.45) is 3.77. The minimum absolute atomic E-state index is 0.0120. The summed E-state index contributed by atoms with van der Waals surface area (Å²) in [6.45, 7) is 0.976. The molecule has 2 amide bonds. The lowest BCUT2D eigenvalue weighted by Crippen LogP contribution is -2.52. The smallest absolute Gasteiger partial charge is 0.269 e. The van der Waals surface area contributed by atoms with Crippen molar-refractivity contribution in [2.24, 2.45) is 0 Å². The molecule has 0 spiro atoms. The summed E-state index contributed by atoms with van der Waals surface area (Å²) in [6, 6.07) is 18.5. The van der Waals surface area contributed by atoms with E-state index in [2.05, 4.69) is 5.32 Å². The van der Waals surface area contributed by atoms with E-state index in [1.165, 1.54) is 41.3 Å². The second-order valence-corrected chi connectivity index (χ2v) is 12.2. The fraction of sp³-hybridized carbons (Fsp3) is 0.310. The van der Waals surface area contributed by atoms with Crippen molar-refractivity contribution in [3.05, 3.63) is 99.6 Å². The maximum atomic E-state index is 14.0. The van der Waals surface area contributed by atoms with Crippen LogP contribution in [0.4, 0.5) is 11.4 Å². The molecule has 1 aliphatic carbocycles. The number of hydrogen-bond donors (Lipinski definition) is 1. The van der Waals surface area contributed by atoms with E-state index in [9.17, 15) is 28.1 Å². The van der Waals surface area contributed by atoms with Crippen LogP contribution in [0, 0.1) is 10.1 Å². The van der Waals surface area contributed by atoms with E-state index >= 15 is 0 Å². The lowest BCUT2D eigenvalue weighted by Gasteiger charge is -2.32. The van der Waals surface area contributed by atoms with Crippen LogP contribution < -0.4 is 9.62 Å². The van der Waals surface area contributed by atoms with Crippen LogP contribution in [0.5, 0.6) is 0 Å². The van der Waals surface area contributed by atoms with Gasteiger partial charge in [0.05, 0.1) is 15.5 Å². The normalized spacial score (nSPS) is 14.3. The maximum Gasteiger partial charge on any atom is 0.269 e. The summed E-state index contributed by atoms with van der Waals surface area (Å²) in [5.74, 6) is -0.961. The zero-order chi connectivity index (χ0) is 29.6. The van der Waals surface area contributed by atoms with Crippen molar-refractivity contribution in [1.29, 1.82) is 0 Å². The van der Waals surface area contributed by atoms with Crippen LogP contribution in [0.25, 0.3) is 0 Å². The molecular weight excluding hydrogens is 568 g/mol. The Kier molecular flexibility index (Phi) is 9.61. The van der Waals surface area contributed by atoms with Gasteiger partial charge < -0.3 is 10.2 Å². The Morgan fingerprint density at radius 1 is 1.02 bits per heavy atom. The molecule has 41 heavy (non-hydrogen) atoms. The average molecular weight is 599 g/mol. The van der Waals surface area contributed by atoms with Crippen molar-refractivity contribution < 1.29 is 22.9 Å². The Morgan fingerprint density at radius 2 is 1.68 bits per heavy atom. The van der Waals surface area contributed by atoms with Crippen molar-refractivity contribution in [3.63, 3.8) is 0 Å². The number of nitro benzene ring substituents is 1. The highest BCUT2D eigenvalue weighted by molar-refractivity contribution is 7.92. The lowest BCUT2D eigenvalue weighted by molar-refractivity contribution is -0.384. The van der Waals surface area contributed by atoms with Crippen LogP contribution in [0.1, 0.15) is 38.2 Å². The summed E-state index contributed by atoms with van der Waals surface area (Å²) in [4.78, 5) is 39.1. The zero-order valence-electron chi connectivity index (χ0n) is 22.5. The molecule has 1 fully saturated rings. The number of nitro groups is 1. The predicted octanol–water partition coefficient (Wildman–Crippen LogP) is 4.92. The molecule has 1 saturated carbocycles. The first-order valence-corrected chi connectivity index (χ1v) is 15.0. The van der Waals surface area contributed by atoms with Crippen molar-refractivity contribution in [1.82, 2.24) is 10.2 Å². The number of halogens is 1. The Labute approximate surface area is 244 Å². The topological polar surface area (TPSA) is 130 Å². The molecule has 0 saturated heterocycles. The van der Waals surface area contributed by atoms with E-state index in [1.807, 2.05) is 0 Å². The minimum Gasteiger partial charge on any atom is -0.352 e. The lowest BCUT2D eigenvalue weighted by atomic mass is 10.1. The number of anilines is 1. The Balaban J connectivity index is 1.69. The van der Waals surface area contributed by atoms with Gasteiger partial charge in [-0.25, -0.2) is 8.42 Å². The van der Waals surface area contributed by atoms with Gasteiger partial charge >= 0.3 is 0 Å². The molecule has 0 bridgehead atoms. The monoisotopic (exact) mass is 598 g/mol. The first kappa shape index (κ1) is 30.0. The fourth-order valence-electron chi connectivity index (χ4n) is 4.80. The standard InChI is InChI=1S/C29H31ClN4O6S/c1-21(29(36)31-24-10-5-6-11-24)32(19-22-8-7-9-23(30)18-22)28(35)20-33(25-14-16-26(17-15-25)34(37)38)41(39,40)27-12-3-2-4-13-27/h2-4,7-9,12-18,21,24H,5-6,10-11,19-20H2,1H3,(H,31,36). The summed E-state index contributed by atoms with van der Waals surface area (Å²) in [5, 5.41) is 14.7. The van der Waals surface area contributed by atoms with Crippen LogP contribution in [0.15, 0.2) is 83.8 Å². The number of benzene rings is 3. The number of nitrogens with one attached hydrogen (secondary N) is 1. The number of carbonyl (C=O) groups excluding carboxylic acids is 2. The second-order valence-electron chi connectivity index (χ2n) is 9.92. The van der Waals surface area contributed by atoms with Gasteiger partial charge in [-0.3, -0.25) is 24.0 Å². The van der Waals surface area contributed by atoms with Gasteiger partial charge in [0.1, 0.15) is 12.6 Å². The average Bonchev–Trinajstić information content (AvgIpc) is 3.47. The number of nitrogens with zero attached hydrogens (tertiary/aromatic N) is 3. The third-order valence-electron chi connectivity index (χ3n) is 7.07. The van der Waals surface area contributed by atoms with Crippen LogP contribution in [-0.4, -0.2) is 48.7 Å². The SMILES string of the molecule is CC(C(=O)NC1CCCC1)N(Cc1cccc(Cl)c1)C(=O)CN(c1ccc([N+](=O)[O-])cc1)S(=O)(=O)c1ccccc1. The van der Waals surface area contributed by atoms with Crippen LogP contribution in [0.3, 0.4) is 0 Å². The third kappa shape index (κ3) is 7.42. The molecule has 1 atom stereocenters. The number of rotatable bonds is 11. The van der Waals surface area contributed by atoms with Gasteiger partial charge in [0.15, 0.2) is 0 Å². The van der Waals surface area contributed by atoms with E-state index in [0.29, 0.717) is 10.6 Å². The molecule has 3 aromatic carbocycles. The molecule has 0 heterocycles. The third-order valence-corrected chi connectivity index (χ3v) is 9.09. The Morgan fingerprint density at radius 3 is 2.29 bits per heavy atom. The van der Waals surface area contributed by atoms with Crippen molar-refractivity contribution in [3.8, 4) is 0 Å². The molecule has 4 rings (SSSR count). The van der Waals surface area contributed by atoms with Crippen molar-refractivity contribution >= 4 is 44.8 Å². The Bertz CT molecular complexity index is 1500. The van der Waals surface area contributed by atoms with Crippen LogP contribution in [-0.2, 0) is 26.2 Å². The highest BCUT2D eigenvalue weighted by atomic mass is 35.5. The maximum absolute atomic E-state index is 14.0. The van der Waals surface area contributed by atoms with Crippen LogP contribution >= 0.6 is 11.6 Å². The van der Waals surface area contributed by atoms with E-state index in [0.717, 1.165) is 30.0 Å². The van der Waals surface area contributed by atoms with Crippen LogP contribution in [0.2, 0.25) is 5.02 Å². The van der Waals surface area contributed by atoms with Gasteiger partial charge in [-0.2, -0.15) is 0 Å². The summed E-state index contributed by atoms with van der Waals surface area (Å²) in [5.41, 5.74) is 0.509. The molecule has 10 nitrogen and oxygen atoms in total. The van der Waals surface area contributed by atoms with E-state index in [-0.39, 0.29) is 34.8 Å². The highest BCUT2D eigenvalue weighted by Crippen LogP contribution is 2.27. The van der Waals surface area contributed by atoms with Crippen molar-refractivity contribution in [2.45, 2.75) is 56.1 Å². The van der Waals surface area contributed by atoms with Gasteiger partial charge in [0.25, 0.3) is 15.7 Å². The number of sulfonamides is 1. The quantitative estimate of drug-likeness (QED) is 0.246. The fourth-order valence-corrected chi connectivity index (χ4v) is 6.44. The second kappa shape index (κ2) is 13.1. The molecule has 1 unspecified atom stereocenters. The number of amides is 2. The number of hydrogen-bond acceptors (Lipinski definition) is 6. The van der Waals surface area contributed by atoms with Gasteiger partial charge in [0.2, 0.25) is 11.8 Å². The minimum atomic E-state index is -4.27. The first-order valence-electron chi connectivity index (χ1n) is 13.2. The van der Waals surface area contributed by atoms with E-state index in [1.54, 1.807) is 49.4 Å². The van der Waals surface area contributed by atoms with E-state index in [4.69, 9.17) is 11.6 Å². The van der Waals surface area contributed by atoms with Crippen molar-refractivity contribution in [2.75, 3.05) is 10.8 Å². The number of carbonyl (C=O) groups is 2. The summed E-state index contributed by atoms with van der Waals surface area (Å²) >= 11 is 6.17. The van der Waals surface area contributed by atoms with Gasteiger partial charge in [-0.05, 0) is 61.7 Å². The molecule has 12 heteroatoms. The molecule has 216 valence electrons. The molecule has 0 radical (unpaired) electrons. The number of non-ortho nitro benzene ring substituents is 1. The molecule has 0 aromatic heterocycles. The highest BCUT2D eigenvalue weighted by Gasteiger charge is 2.33. The molecular formula is C29H31ClN4O6S. The summed E-state index contributed by atoms with van der Waals surface area (Å²) in [7, 11) is -4.27. The Hall–Kier alpha value is -3.96. The van der Waals surface area contributed by atoms with E-state index < -0.39 is 33.4 Å².